The van der Waals surface area contributed by atoms with E-state index in [4.69, 9.17) is 28.4 Å². The van der Waals surface area contributed by atoms with Crippen molar-refractivity contribution in [2.75, 3.05) is 104 Å². The van der Waals surface area contributed by atoms with E-state index in [2.05, 4.69) is 22.5 Å². The zero-order valence-corrected chi connectivity index (χ0v) is 31.1. The third-order valence-electron chi connectivity index (χ3n) is 8.20. The predicted molar refractivity (Wildman–Crippen MR) is 201 cm³/mol. The summed E-state index contributed by atoms with van der Waals surface area (Å²) in [5, 5.41) is 5.48. The number of amides is 5. The summed E-state index contributed by atoms with van der Waals surface area (Å²) in [6.45, 7) is 5.54. The summed E-state index contributed by atoms with van der Waals surface area (Å²) in [4.78, 5) is 63.1. The molecule has 0 bridgehead atoms. The van der Waals surface area contributed by atoms with Gasteiger partial charge < -0.3 is 44.0 Å². The molecule has 2 aliphatic rings. The van der Waals surface area contributed by atoms with Gasteiger partial charge in [-0.2, -0.15) is 0 Å². The second-order valence-corrected chi connectivity index (χ2v) is 12.2. The van der Waals surface area contributed by atoms with Gasteiger partial charge >= 0.3 is 0 Å². The van der Waals surface area contributed by atoms with Crippen molar-refractivity contribution in [1.29, 1.82) is 0 Å². The van der Waals surface area contributed by atoms with Crippen LogP contribution in [-0.4, -0.2) is 133 Å². The first-order valence-electron chi connectivity index (χ1n) is 18.4. The van der Waals surface area contributed by atoms with E-state index in [-0.39, 0.29) is 56.7 Å². The summed E-state index contributed by atoms with van der Waals surface area (Å²) in [7, 11) is 0. The first-order valence-corrected chi connectivity index (χ1v) is 18.4. The lowest BCUT2D eigenvalue weighted by atomic mass is 10.0. The number of rotatable bonds is 27. The zero-order valence-electron chi connectivity index (χ0n) is 31.1. The third-order valence-corrected chi connectivity index (χ3v) is 8.20. The van der Waals surface area contributed by atoms with Crippen molar-refractivity contribution in [2.24, 2.45) is 0 Å². The number of nitrogens with zero attached hydrogens (tertiary/aromatic N) is 2. The zero-order chi connectivity index (χ0) is 38.9. The lowest BCUT2D eigenvalue weighted by Crippen LogP contribution is -2.35. The molecule has 2 aromatic rings. The molecule has 2 heterocycles. The molecule has 55 heavy (non-hydrogen) atoms. The number of anilines is 1. The Bertz CT molecular complexity index is 1640. The maximum atomic E-state index is 13.3. The summed E-state index contributed by atoms with van der Waals surface area (Å²) in [6, 6.07) is 15.4. The van der Waals surface area contributed by atoms with Crippen LogP contribution in [0.4, 0.5) is 5.69 Å². The van der Waals surface area contributed by atoms with Gasteiger partial charge in [0.2, 0.25) is 17.7 Å². The number of para-hydroxylation sites is 1. The summed E-state index contributed by atoms with van der Waals surface area (Å²) in [5.41, 5.74) is 3.43. The van der Waals surface area contributed by atoms with E-state index in [0.717, 1.165) is 27.3 Å². The number of carbonyl (C=O) groups is 5. The molecule has 0 unspecified atom stereocenters. The largest absolute Gasteiger partial charge is 0.379 e. The van der Waals surface area contributed by atoms with E-state index < -0.39 is 11.8 Å². The standard InChI is InChI=1S/C40H50N4O11/c45-36(14-18-43-38(47)11-12-39(43)48)42-17-20-51-22-24-53-26-28-55-30-29-54-27-25-52-23-21-50-19-15-37(46)41-16-13-40(49)44-31-34-7-2-1-5-32(34)9-10-33-6-3-4-8-35(33)44/h1-8,11-12H,13-31H2,(H,41,46)(H,42,45). The second-order valence-electron chi connectivity index (χ2n) is 12.2. The van der Waals surface area contributed by atoms with E-state index in [1.807, 2.05) is 48.5 Å². The van der Waals surface area contributed by atoms with Gasteiger partial charge in [0.15, 0.2) is 0 Å². The van der Waals surface area contributed by atoms with Gasteiger partial charge in [0.25, 0.3) is 11.8 Å². The smallest absolute Gasteiger partial charge is 0.253 e. The van der Waals surface area contributed by atoms with Gasteiger partial charge in [0, 0.05) is 62.2 Å². The van der Waals surface area contributed by atoms with Gasteiger partial charge in [-0.05, 0) is 23.8 Å². The van der Waals surface area contributed by atoms with Crippen LogP contribution in [0.2, 0.25) is 0 Å². The van der Waals surface area contributed by atoms with Crippen molar-refractivity contribution >= 4 is 35.2 Å². The van der Waals surface area contributed by atoms with Gasteiger partial charge in [0.05, 0.1) is 91.5 Å². The Labute approximate surface area is 321 Å². The van der Waals surface area contributed by atoms with Gasteiger partial charge in [-0.15, -0.1) is 0 Å². The molecular weight excluding hydrogens is 712 g/mol. The average molecular weight is 763 g/mol. The van der Waals surface area contributed by atoms with Crippen LogP contribution in [-0.2, 0) is 58.9 Å². The molecule has 0 saturated heterocycles. The first kappa shape index (κ1) is 42.8. The minimum Gasteiger partial charge on any atom is -0.379 e. The van der Waals surface area contributed by atoms with Crippen LogP contribution in [0.3, 0.4) is 0 Å². The average Bonchev–Trinajstić information content (AvgIpc) is 3.51. The molecule has 0 spiro atoms. The van der Waals surface area contributed by atoms with E-state index in [9.17, 15) is 24.0 Å². The lowest BCUT2D eigenvalue weighted by molar-refractivity contribution is -0.137. The van der Waals surface area contributed by atoms with Crippen LogP contribution >= 0.6 is 0 Å². The quantitative estimate of drug-likeness (QED) is 0.0766. The SMILES string of the molecule is O=C(CCOCCOCCOCCOCCOCCOCCNC(=O)CCN1C(=O)C=CC1=O)NCCC(=O)N1Cc2ccccc2C#Cc2ccccc21. The fourth-order valence-corrected chi connectivity index (χ4v) is 5.32. The Kier molecular flexibility index (Phi) is 19.6. The summed E-state index contributed by atoms with van der Waals surface area (Å²) < 4.78 is 32.8. The summed E-state index contributed by atoms with van der Waals surface area (Å²) >= 11 is 0. The predicted octanol–water partition coefficient (Wildman–Crippen LogP) is 1.36. The molecule has 296 valence electrons. The number of ether oxygens (including phenoxy) is 6. The number of nitrogens with one attached hydrogen (secondary N) is 2. The number of carbonyl (C=O) groups excluding carboxylic acids is 5. The number of fused-ring (bicyclic) bond motifs is 2. The molecule has 4 rings (SSSR count). The Morgan fingerprint density at radius 2 is 1.05 bits per heavy atom. The fraction of sp³-hybridized carbons (Fsp3) is 0.475. The fourth-order valence-electron chi connectivity index (χ4n) is 5.32. The van der Waals surface area contributed by atoms with Crippen molar-refractivity contribution in [3.05, 3.63) is 77.4 Å². The molecule has 2 N–H and O–H groups in total. The van der Waals surface area contributed by atoms with Crippen LogP contribution in [0, 0.1) is 11.8 Å². The van der Waals surface area contributed by atoms with E-state index in [1.54, 1.807) is 4.90 Å². The highest BCUT2D eigenvalue weighted by molar-refractivity contribution is 6.13. The number of imide groups is 1. The Morgan fingerprint density at radius 1 is 0.564 bits per heavy atom. The molecule has 5 amide bonds. The maximum Gasteiger partial charge on any atom is 0.253 e. The second kappa shape index (κ2) is 25.2. The molecule has 0 radical (unpaired) electrons. The van der Waals surface area contributed by atoms with Crippen LogP contribution in [0.15, 0.2) is 60.7 Å². The molecule has 0 fully saturated rings. The normalized spacial score (nSPS) is 13.1. The van der Waals surface area contributed by atoms with Crippen molar-refractivity contribution in [1.82, 2.24) is 15.5 Å². The molecule has 0 aliphatic carbocycles. The first-order chi connectivity index (χ1) is 26.9. The minimum absolute atomic E-state index is 0.0416. The molecule has 15 heteroatoms. The highest BCUT2D eigenvalue weighted by Crippen LogP contribution is 2.25. The number of hydrogen-bond donors (Lipinski definition) is 2. The number of benzene rings is 2. The highest BCUT2D eigenvalue weighted by atomic mass is 16.6. The van der Waals surface area contributed by atoms with Crippen molar-refractivity contribution < 1.29 is 52.4 Å². The van der Waals surface area contributed by atoms with Gasteiger partial charge in [0.1, 0.15) is 0 Å². The van der Waals surface area contributed by atoms with Crippen molar-refractivity contribution in [3.63, 3.8) is 0 Å². The van der Waals surface area contributed by atoms with Crippen molar-refractivity contribution in [2.45, 2.75) is 25.8 Å². The highest BCUT2D eigenvalue weighted by Gasteiger charge is 2.24. The molecule has 0 atom stereocenters. The van der Waals surface area contributed by atoms with Crippen LogP contribution in [0.25, 0.3) is 0 Å². The summed E-state index contributed by atoms with van der Waals surface area (Å²) in [6.07, 6.45) is 2.76. The minimum atomic E-state index is -0.405. The number of hydrogen-bond acceptors (Lipinski definition) is 11. The molecule has 0 aromatic heterocycles. The molecule has 0 saturated carbocycles. The van der Waals surface area contributed by atoms with Crippen LogP contribution in [0.5, 0.6) is 0 Å². The van der Waals surface area contributed by atoms with Gasteiger partial charge in [-0.1, -0.05) is 42.2 Å². The van der Waals surface area contributed by atoms with Gasteiger partial charge in [-0.3, -0.25) is 28.9 Å². The van der Waals surface area contributed by atoms with E-state index in [1.165, 1.54) is 12.2 Å². The van der Waals surface area contributed by atoms with E-state index >= 15 is 0 Å². The molecule has 2 aromatic carbocycles. The Morgan fingerprint density at radius 3 is 1.69 bits per heavy atom. The molecule has 2 aliphatic heterocycles. The summed E-state index contributed by atoms with van der Waals surface area (Å²) in [5.74, 6) is 5.05. The van der Waals surface area contributed by atoms with E-state index in [0.29, 0.717) is 85.8 Å². The Hall–Kier alpha value is -4.95. The van der Waals surface area contributed by atoms with Crippen LogP contribution < -0.4 is 15.5 Å². The van der Waals surface area contributed by atoms with Crippen molar-refractivity contribution in [3.8, 4) is 11.8 Å². The molecule has 15 nitrogen and oxygen atoms in total. The van der Waals surface area contributed by atoms with Crippen LogP contribution in [0.1, 0.15) is 36.0 Å². The lowest BCUT2D eigenvalue weighted by Gasteiger charge is -2.26. The maximum absolute atomic E-state index is 13.3. The molecular formula is C40H50N4O11. The monoisotopic (exact) mass is 762 g/mol. The Balaban J connectivity index is 0.876. The third kappa shape index (κ3) is 16.1. The van der Waals surface area contributed by atoms with Gasteiger partial charge in [-0.25, -0.2) is 0 Å². The topological polar surface area (TPSA) is 171 Å².